The summed E-state index contributed by atoms with van der Waals surface area (Å²) in [5.41, 5.74) is 5.29. The molecule has 0 amide bonds. The molecule has 2 nitrogen and oxygen atoms in total. The van der Waals surface area contributed by atoms with Gasteiger partial charge < -0.3 is 5.73 Å². The summed E-state index contributed by atoms with van der Waals surface area (Å²) < 4.78 is 0.995. The minimum Gasteiger partial charge on any atom is -0.383 e. The minimum absolute atomic E-state index is 0.455. The molecule has 0 saturated carbocycles. The predicted molar refractivity (Wildman–Crippen MR) is 40.2 cm³/mol. The van der Waals surface area contributed by atoms with Crippen molar-refractivity contribution in [1.82, 2.24) is 4.98 Å². The van der Waals surface area contributed by atoms with Gasteiger partial charge in [0.05, 0.1) is 0 Å². The first-order valence-corrected chi connectivity index (χ1v) is 3.16. The van der Waals surface area contributed by atoms with E-state index in [1.807, 2.05) is 6.07 Å². The van der Waals surface area contributed by atoms with Crippen LogP contribution in [0.4, 0.5) is 5.82 Å². The van der Waals surface area contributed by atoms with Crippen LogP contribution in [-0.4, -0.2) is 4.98 Å². The largest absolute Gasteiger partial charge is 0.383 e. The number of nitrogen functional groups attached to an aromatic ring is 1. The maximum Gasteiger partial charge on any atom is 0.132 e. The zero-order valence-electron chi connectivity index (χ0n) is 4.06. The second-order valence-electron chi connectivity index (χ2n) is 1.30. The average Bonchev–Trinajstić information content (AvgIpc) is 1.64. The third-order valence-electron chi connectivity index (χ3n) is 0.682. The summed E-state index contributed by atoms with van der Waals surface area (Å²) in [6.07, 6.45) is 1.66. The SMILES string of the molecule is Nc1[c]c(I)ccn1. The van der Waals surface area contributed by atoms with Crippen LogP contribution in [0.3, 0.4) is 0 Å². The Hall–Kier alpha value is -0.320. The minimum atomic E-state index is 0.455. The van der Waals surface area contributed by atoms with Gasteiger partial charge in [-0.3, -0.25) is 0 Å². The Morgan fingerprint density at radius 2 is 2.50 bits per heavy atom. The van der Waals surface area contributed by atoms with Crippen LogP contribution in [0.2, 0.25) is 0 Å². The first-order chi connectivity index (χ1) is 3.79. The molecule has 0 saturated heterocycles. The quantitative estimate of drug-likeness (QED) is 0.662. The van der Waals surface area contributed by atoms with Gasteiger partial charge in [-0.15, -0.1) is 0 Å². The number of halogens is 1. The highest BCUT2D eigenvalue weighted by Gasteiger charge is 1.85. The molecule has 0 spiro atoms. The normalized spacial score (nSPS) is 9.12. The van der Waals surface area contributed by atoms with Crippen molar-refractivity contribution in [3.05, 3.63) is 21.9 Å². The molecule has 0 aromatic carbocycles. The van der Waals surface area contributed by atoms with Gasteiger partial charge >= 0.3 is 0 Å². The van der Waals surface area contributed by atoms with E-state index in [2.05, 4.69) is 33.6 Å². The fourth-order valence-corrected chi connectivity index (χ4v) is 0.816. The van der Waals surface area contributed by atoms with Gasteiger partial charge in [0.2, 0.25) is 0 Å². The number of aromatic nitrogens is 1. The Morgan fingerprint density at radius 1 is 1.75 bits per heavy atom. The first kappa shape index (κ1) is 5.81. The van der Waals surface area contributed by atoms with Crippen LogP contribution >= 0.6 is 22.6 Å². The van der Waals surface area contributed by atoms with Crippen LogP contribution in [0.5, 0.6) is 0 Å². The first-order valence-electron chi connectivity index (χ1n) is 2.08. The van der Waals surface area contributed by atoms with Crippen molar-refractivity contribution in [3.8, 4) is 0 Å². The fraction of sp³-hybridized carbons (Fsp3) is 0. The van der Waals surface area contributed by atoms with Crippen molar-refractivity contribution in [3.63, 3.8) is 0 Å². The third kappa shape index (κ3) is 1.33. The molecule has 1 aromatic rings. The van der Waals surface area contributed by atoms with Gasteiger partial charge in [-0.25, -0.2) is 4.98 Å². The number of anilines is 1. The Labute approximate surface area is 61.3 Å². The maximum atomic E-state index is 5.29. The number of hydrogen-bond donors (Lipinski definition) is 1. The monoisotopic (exact) mass is 219 g/mol. The van der Waals surface area contributed by atoms with Crippen LogP contribution in [-0.2, 0) is 0 Å². The molecule has 1 rings (SSSR count). The summed E-state index contributed by atoms with van der Waals surface area (Å²) in [5, 5.41) is 0. The number of nitrogens with zero attached hydrogens (tertiary/aromatic N) is 1. The van der Waals surface area contributed by atoms with Crippen LogP contribution in [0.25, 0.3) is 0 Å². The van der Waals surface area contributed by atoms with E-state index in [-0.39, 0.29) is 0 Å². The Bertz CT molecular complexity index is 170. The lowest BCUT2D eigenvalue weighted by atomic mass is 10.5. The van der Waals surface area contributed by atoms with Crippen molar-refractivity contribution in [2.75, 3.05) is 5.73 Å². The van der Waals surface area contributed by atoms with Gasteiger partial charge in [0, 0.05) is 15.8 Å². The Kier molecular flexibility index (Phi) is 1.67. The summed E-state index contributed by atoms with van der Waals surface area (Å²) in [5.74, 6) is 0.455. The van der Waals surface area contributed by atoms with E-state index in [1.165, 1.54) is 0 Å². The molecular formula is C5H4IN2. The standard InChI is InChI=1S/C5H4IN2/c6-4-1-2-8-5(7)3-4/h1-2H,(H2,7,8). The maximum absolute atomic E-state index is 5.29. The number of hydrogen-bond acceptors (Lipinski definition) is 2. The van der Waals surface area contributed by atoms with Crippen LogP contribution in [0.15, 0.2) is 12.3 Å². The van der Waals surface area contributed by atoms with Crippen LogP contribution in [0, 0.1) is 9.64 Å². The topological polar surface area (TPSA) is 38.9 Å². The zero-order valence-corrected chi connectivity index (χ0v) is 6.21. The summed E-state index contributed by atoms with van der Waals surface area (Å²) >= 11 is 2.13. The zero-order chi connectivity index (χ0) is 5.98. The molecule has 0 bridgehead atoms. The lowest BCUT2D eigenvalue weighted by molar-refractivity contribution is 1.32. The van der Waals surface area contributed by atoms with E-state index in [1.54, 1.807) is 6.20 Å². The second kappa shape index (κ2) is 2.30. The molecule has 0 aliphatic carbocycles. The third-order valence-corrected chi connectivity index (χ3v) is 1.31. The van der Waals surface area contributed by atoms with E-state index in [4.69, 9.17) is 5.73 Å². The fourth-order valence-electron chi connectivity index (χ4n) is 0.379. The molecule has 1 radical (unpaired) electrons. The molecular weight excluding hydrogens is 215 g/mol. The smallest absolute Gasteiger partial charge is 0.132 e. The van der Waals surface area contributed by atoms with Gasteiger partial charge in [0.25, 0.3) is 0 Å². The van der Waals surface area contributed by atoms with Gasteiger partial charge in [-0.2, -0.15) is 0 Å². The Balaban J connectivity index is 3.08. The number of rotatable bonds is 0. The van der Waals surface area contributed by atoms with Gasteiger partial charge in [0.15, 0.2) is 0 Å². The summed E-state index contributed by atoms with van der Waals surface area (Å²) in [6.45, 7) is 0. The lowest BCUT2D eigenvalue weighted by Crippen LogP contribution is -1.88. The van der Waals surface area contributed by atoms with Gasteiger partial charge in [0.1, 0.15) is 5.82 Å². The lowest BCUT2D eigenvalue weighted by Gasteiger charge is -1.87. The van der Waals surface area contributed by atoms with Crippen molar-refractivity contribution < 1.29 is 0 Å². The average molecular weight is 219 g/mol. The van der Waals surface area contributed by atoms with Crippen molar-refractivity contribution >= 4 is 28.4 Å². The molecule has 2 N–H and O–H groups in total. The second-order valence-corrected chi connectivity index (χ2v) is 2.47. The summed E-state index contributed by atoms with van der Waals surface area (Å²) in [7, 11) is 0. The molecule has 0 aliphatic rings. The van der Waals surface area contributed by atoms with E-state index >= 15 is 0 Å². The highest BCUT2D eigenvalue weighted by Crippen LogP contribution is 2.03. The molecule has 0 atom stereocenters. The van der Waals surface area contributed by atoms with E-state index in [9.17, 15) is 0 Å². The highest BCUT2D eigenvalue weighted by molar-refractivity contribution is 14.1. The van der Waals surface area contributed by atoms with Crippen LogP contribution in [0.1, 0.15) is 0 Å². The Morgan fingerprint density at radius 3 is 2.88 bits per heavy atom. The summed E-state index contributed by atoms with van der Waals surface area (Å²) in [4.78, 5) is 3.76. The van der Waals surface area contributed by atoms with Gasteiger partial charge in [-0.1, -0.05) is 0 Å². The molecule has 1 aromatic heterocycles. The van der Waals surface area contributed by atoms with Crippen molar-refractivity contribution in [2.45, 2.75) is 0 Å². The molecule has 41 valence electrons. The molecule has 3 heteroatoms. The van der Waals surface area contributed by atoms with E-state index < -0.39 is 0 Å². The molecule has 0 unspecified atom stereocenters. The molecule has 0 fully saturated rings. The highest BCUT2D eigenvalue weighted by atomic mass is 127. The number of pyridine rings is 1. The van der Waals surface area contributed by atoms with Crippen molar-refractivity contribution in [1.29, 1.82) is 0 Å². The van der Waals surface area contributed by atoms with E-state index in [0.717, 1.165) is 3.57 Å². The predicted octanol–water partition coefficient (Wildman–Crippen LogP) is 1.07. The van der Waals surface area contributed by atoms with E-state index in [0.29, 0.717) is 5.82 Å². The van der Waals surface area contributed by atoms with Crippen LogP contribution < -0.4 is 5.73 Å². The molecule has 8 heavy (non-hydrogen) atoms. The molecule has 1 heterocycles. The number of nitrogens with two attached hydrogens (primary N) is 1. The molecule has 0 aliphatic heterocycles. The van der Waals surface area contributed by atoms with Gasteiger partial charge in [-0.05, 0) is 28.7 Å². The van der Waals surface area contributed by atoms with Crippen molar-refractivity contribution in [2.24, 2.45) is 0 Å². The summed E-state index contributed by atoms with van der Waals surface area (Å²) in [6, 6.07) is 4.67.